The van der Waals surface area contributed by atoms with Gasteiger partial charge in [0.25, 0.3) is 5.91 Å². The zero-order valence-electron chi connectivity index (χ0n) is 13.1. The Bertz CT molecular complexity index is 740. The summed E-state index contributed by atoms with van der Waals surface area (Å²) in [4.78, 5) is 19.0. The molecule has 3 aliphatic heterocycles. The third-order valence-electron chi connectivity index (χ3n) is 3.87. The Kier molecular flexibility index (Phi) is 4.07. The molecule has 0 spiro atoms. The van der Waals surface area contributed by atoms with E-state index in [0.717, 1.165) is 23.8 Å². The number of carbonyl (C=O) groups is 1. The Balaban J connectivity index is 1.57. The van der Waals surface area contributed by atoms with Gasteiger partial charge in [-0.1, -0.05) is 0 Å². The van der Waals surface area contributed by atoms with E-state index >= 15 is 0 Å². The van der Waals surface area contributed by atoms with Gasteiger partial charge >= 0.3 is 0 Å². The first-order valence-electron chi connectivity index (χ1n) is 7.57. The van der Waals surface area contributed by atoms with Crippen LogP contribution in [0.4, 0.5) is 0 Å². The Morgan fingerprint density at radius 1 is 1.29 bits per heavy atom. The summed E-state index contributed by atoms with van der Waals surface area (Å²) < 4.78 is 21.5. The maximum Gasteiger partial charge on any atom is 0.286 e. The van der Waals surface area contributed by atoms with Crippen LogP contribution in [0.5, 0.6) is 17.2 Å². The maximum absolute atomic E-state index is 12.2. The number of methoxy groups -OCH3 is 1. The lowest BCUT2D eigenvalue weighted by molar-refractivity contribution is -0.113. The first kappa shape index (κ1) is 15.3. The van der Waals surface area contributed by atoms with Crippen LogP contribution in [-0.4, -0.2) is 56.2 Å². The standard InChI is InChI=1S/C16H16N2O5S/c1-20-11-6-10(7-12-14(11)23-9-22-12)8-13-15(19)17-16(24-13)18-2-4-21-5-3-18/h6-8H,2-5,9H2,1H3. The van der Waals surface area contributed by atoms with E-state index in [2.05, 4.69) is 9.89 Å². The lowest BCUT2D eigenvalue weighted by atomic mass is 10.1. The quantitative estimate of drug-likeness (QED) is 0.754. The molecule has 3 heterocycles. The van der Waals surface area contributed by atoms with Crippen LogP contribution in [0.2, 0.25) is 0 Å². The van der Waals surface area contributed by atoms with Crippen molar-refractivity contribution in [1.82, 2.24) is 4.90 Å². The van der Waals surface area contributed by atoms with E-state index in [-0.39, 0.29) is 12.7 Å². The van der Waals surface area contributed by atoms with Crippen LogP contribution in [0.25, 0.3) is 6.08 Å². The van der Waals surface area contributed by atoms with Gasteiger partial charge in [0.15, 0.2) is 16.7 Å². The molecule has 3 aliphatic rings. The number of nitrogens with zero attached hydrogens (tertiary/aromatic N) is 2. The summed E-state index contributed by atoms with van der Waals surface area (Å²) in [5, 5.41) is 0.738. The molecule has 0 saturated carbocycles. The number of thioether (sulfide) groups is 1. The predicted octanol–water partition coefficient (Wildman–Crippen LogP) is 1.73. The van der Waals surface area contributed by atoms with Crippen molar-refractivity contribution in [3.63, 3.8) is 0 Å². The summed E-state index contributed by atoms with van der Waals surface area (Å²) in [5.41, 5.74) is 0.811. The fraction of sp³-hybridized carbons (Fsp3) is 0.375. The molecule has 1 saturated heterocycles. The highest BCUT2D eigenvalue weighted by molar-refractivity contribution is 8.18. The van der Waals surface area contributed by atoms with Crippen LogP contribution in [0, 0.1) is 0 Å². The molecule has 1 aromatic carbocycles. The van der Waals surface area contributed by atoms with Crippen molar-refractivity contribution in [1.29, 1.82) is 0 Å². The second-order valence-electron chi connectivity index (χ2n) is 5.37. The summed E-state index contributed by atoms with van der Waals surface area (Å²) in [6, 6.07) is 3.65. The number of benzene rings is 1. The highest BCUT2D eigenvalue weighted by Gasteiger charge is 2.27. The SMILES string of the molecule is COc1cc(C=C2SC(N3CCOCC3)=NC2=O)cc2c1OCO2. The van der Waals surface area contributed by atoms with Gasteiger partial charge in [-0.15, -0.1) is 0 Å². The number of hydrogen-bond donors (Lipinski definition) is 0. The Morgan fingerprint density at radius 2 is 2.12 bits per heavy atom. The first-order chi connectivity index (χ1) is 11.7. The van der Waals surface area contributed by atoms with Crippen LogP contribution in [-0.2, 0) is 9.53 Å². The topological polar surface area (TPSA) is 69.6 Å². The molecular formula is C16H16N2O5S. The minimum absolute atomic E-state index is 0.170. The van der Waals surface area contributed by atoms with Gasteiger partial charge in [0.05, 0.1) is 25.2 Å². The average Bonchev–Trinajstić information content (AvgIpc) is 3.22. The van der Waals surface area contributed by atoms with Crippen LogP contribution in [0.1, 0.15) is 5.56 Å². The smallest absolute Gasteiger partial charge is 0.286 e. The molecule has 0 N–H and O–H groups in total. The van der Waals surface area contributed by atoms with Crippen LogP contribution in [0.15, 0.2) is 22.0 Å². The summed E-state index contributed by atoms with van der Waals surface area (Å²) in [7, 11) is 1.57. The van der Waals surface area contributed by atoms with Gasteiger partial charge < -0.3 is 23.8 Å². The molecule has 8 heteroatoms. The zero-order valence-corrected chi connectivity index (χ0v) is 13.9. The Labute approximate surface area is 143 Å². The number of morpholine rings is 1. The molecule has 7 nitrogen and oxygen atoms in total. The number of rotatable bonds is 2. The largest absolute Gasteiger partial charge is 0.493 e. The van der Waals surface area contributed by atoms with E-state index in [1.54, 1.807) is 13.2 Å². The van der Waals surface area contributed by atoms with E-state index in [1.165, 1.54) is 11.8 Å². The first-order valence-corrected chi connectivity index (χ1v) is 8.39. The third-order valence-corrected chi connectivity index (χ3v) is 4.91. The number of amides is 1. The molecule has 4 rings (SSSR count). The molecule has 0 unspecified atom stereocenters. The highest BCUT2D eigenvalue weighted by Crippen LogP contribution is 2.43. The van der Waals surface area contributed by atoms with Gasteiger partial charge in [0.2, 0.25) is 12.5 Å². The third kappa shape index (κ3) is 2.83. The molecule has 0 bridgehead atoms. The van der Waals surface area contributed by atoms with Gasteiger partial charge in [-0.2, -0.15) is 4.99 Å². The molecule has 1 amide bonds. The highest BCUT2D eigenvalue weighted by atomic mass is 32.2. The minimum Gasteiger partial charge on any atom is -0.493 e. The van der Waals surface area contributed by atoms with Crippen molar-refractivity contribution in [3.8, 4) is 17.2 Å². The average molecular weight is 348 g/mol. The Morgan fingerprint density at radius 3 is 2.92 bits per heavy atom. The number of carbonyl (C=O) groups excluding carboxylic acids is 1. The van der Waals surface area contributed by atoms with Gasteiger partial charge in [0.1, 0.15) is 0 Å². The van der Waals surface area contributed by atoms with E-state index in [9.17, 15) is 4.79 Å². The van der Waals surface area contributed by atoms with E-state index in [4.69, 9.17) is 18.9 Å². The fourth-order valence-electron chi connectivity index (χ4n) is 2.67. The fourth-order valence-corrected chi connectivity index (χ4v) is 3.64. The number of ether oxygens (including phenoxy) is 4. The van der Waals surface area contributed by atoms with Crippen LogP contribution < -0.4 is 14.2 Å². The number of hydrogen-bond acceptors (Lipinski definition) is 7. The molecule has 24 heavy (non-hydrogen) atoms. The van der Waals surface area contributed by atoms with Gasteiger partial charge in [-0.25, -0.2) is 0 Å². The summed E-state index contributed by atoms with van der Waals surface area (Å²) in [6.45, 7) is 3.00. The molecule has 1 aromatic rings. The van der Waals surface area contributed by atoms with Crippen molar-refractivity contribution in [2.24, 2.45) is 4.99 Å². The van der Waals surface area contributed by atoms with Crippen molar-refractivity contribution in [3.05, 3.63) is 22.6 Å². The number of amidine groups is 1. The van der Waals surface area contributed by atoms with Crippen molar-refractivity contribution in [2.75, 3.05) is 40.2 Å². The van der Waals surface area contributed by atoms with E-state index in [1.807, 2.05) is 12.1 Å². The van der Waals surface area contributed by atoms with Crippen molar-refractivity contribution < 1.29 is 23.7 Å². The van der Waals surface area contributed by atoms with E-state index < -0.39 is 0 Å². The zero-order chi connectivity index (χ0) is 16.5. The number of fused-ring (bicyclic) bond motifs is 1. The molecule has 0 radical (unpaired) electrons. The normalized spacial score (nSPS) is 21.4. The second-order valence-corrected chi connectivity index (χ2v) is 6.38. The molecule has 1 fully saturated rings. The summed E-state index contributed by atoms with van der Waals surface area (Å²) in [5.74, 6) is 1.57. The van der Waals surface area contributed by atoms with Crippen LogP contribution in [0.3, 0.4) is 0 Å². The molecule has 0 atom stereocenters. The van der Waals surface area contributed by atoms with E-state index in [0.29, 0.717) is 35.4 Å². The Hall–Kier alpha value is -2.19. The minimum atomic E-state index is -0.224. The lowest BCUT2D eigenvalue weighted by Crippen LogP contribution is -2.38. The molecule has 0 aliphatic carbocycles. The maximum atomic E-state index is 12.2. The van der Waals surface area contributed by atoms with Gasteiger partial charge in [-0.05, 0) is 35.5 Å². The summed E-state index contributed by atoms with van der Waals surface area (Å²) in [6.07, 6.45) is 1.80. The molecular weight excluding hydrogens is 332 g/mol. The molecule has 0 aromatic heterocycles. The molecule has 126 valence electrons. The van der Waals surface area contributed by atoms with Crippen molar-refractivity contribution >= 4 is 28.9 Å². The van der Waals surface area contributed by atoms with Crippen LogP contribution >= 0.6 is 11.8 Å². The monoisotopic (exact) mass is 348 g/mol. The van der Waals surface area contributed by atoms with Gasteiger partial charge in [0, 0.05) is 13.1 Å². The number of aliphatic imine (C=N–C) groups is 1. The summed E-state index contributed by atoms with van der Waals surface area (Å²) >= 11 is 1.39. The second kappa shape index (κ2) is 6.37. The predicted molar refractivity (Wildman–Crippen MR) is 89.5 cm³/mol. The van der Waals surface area contributed by atoms with Crippen molar-refractivity contribution in [2.45, 2.75) is 0 Å². The van der Waals surface area contributed by atoms with Gasteiger partial charge in [-0.3, -0.25) is 4.79 Å². The lowest BCUT2D eigenvalue weighted by Gasteiger charge is -2.27.